The van der Waals surface area contributed by atoms with Gasteiger partial charge in [0.2, 0.25) is 5.60 Å². The summed E-state index contributed by atoms with van der Waals surface area (Å²) in [6, 6.07) is 9.88. The zero-order valence-corrected chi connectivity index (χ0v) is 19.2. The minimum absolute atomic E-state index is 0.0333. The number of allylic oxidation sites excluding steroid dienone is 1. The fourth-order valence-electron chi connectivity index (χ4n) is 3.55. The van der Waals surface area contributed by atoms with Gasteiger partial charge in [0.1, 0.15) is 6.10 Å². The van der Waals surface area contributed by atoms with E-state index in [4.69, 9.17) is 18.9 Å². The molecule has 1 aromatic carbocycles. The quantitative estimate of drug-likeness (QED) is 0.420. The molecule has 0 radical (unpaired) electrons. The van der Waals surface area contributed by atoms with E-state index in [1.165, 1.54) is 6.08 Å². The van der Waals surface area contributed by atoms with Gasteiger partial charge in [-0.3, -0.25) is 0 Å². The fraction of sp³-hybridized carbons (Fsp3) is 0.560. The molecule has 1 aliphatic rings. The Hall–Kier alpha value is -1.99. The van der Waals surface area contributed by atoms with Crippen LogP contribution in [0, 0.1) is 11.8 Å². The van der Waals surface area contributed by atoms with Gasteiger partial charge in [-0.05, 0) is 38.5 Å². The maximum Gasteiger partial charge on any atom is 0.345 e. The van der Waals surface area contributed by atoms with Gasteiger partial charge in [0, 0.05) is 11.8 Å². The highest BCUT2D eigenvalue weighted by atomic mass is 16.8. The van der Waals surface area contributed by atoms with Crippen LogP contribution in [0.4, 0.5) is 0 Å². The Labute approximate surface area is 185 Å². The first kappa shape index (κ1) is 25.3. The molecule has 0 saturated carbocycles. The Kier molecular flexibility index (Phi) is 9.01. The van der Waals surface area contributed by atoms with Crippen LogP contribution in [0.2, 0.25) is 0 Å². The lowest BCUT2D eigenvalue weighted by Gasteiger charge is -2.32. The largest absolute Gasteiger partial charge is 0.455 e. The number of carbonyl (C=O) groups excluding carboxylic acids is 1. The Morgan fingerprint density at radius 1 is 1.29 bits per heavy atom. The van der Waals surface area contributed by atoms with Crippen LogP contribution in [0.15, 0.2) is 55.1 Å². The zero-order valence-electron chi connectivity index (χ0n) is 19.2. The molecule has 0 bridgehead atoms. The Balaban J connectivity index is 1.97. The van der Waals surface area contributed by atoms with E-state index in [0.29, 0.717) is 13.2 Å². The molecule has 1 saturated heterocycles. The Morgan fingerprint density at radius 3 is 2.52 bits per heavy atom. The predicted octanol–water partition coefficient (Wildman–Crippen LogP) is 4.03. The molecule has 0 spiro atoms. The summed E-state index contributed by atoms with van der Waals surface area (Å²) in [7, 11) is 0. The molecule has 31 heavy (non-hydrogen) atoms. The van der Waals surface area contributed by atoms with Crippen molar-refractivity contribution < 1.29 is 28.8 Å². The number of benzene rings is 1. The molecule has 0 aliphatic carbocycles. The third kappa shape index (κ3) is 6.74. The van der Waals surface area contributed by atoms with E-state index in [-0.39, 0.29) is 18.4 Å². The van der Waals surface area contributed by atoms with Crippen LogP contribution in [0.3, 0.4) is 0 Å². The van der Waals surface area contributed by atoms with Crippen molar-refractivity contribution in [2.75, 3.05) is 13.2 Å². The number of aliphatic hydroxyl groups excluding tert-OH is 1. The molecule has 172 valence electrons. The Bertz CT molecular complexity index is 744. The van der Waals surface area contributed by atoms with Crippen LogP contribution in [0.5, 0.6) is 0 Å². The smallest absolute Gasteiger partial charge is 0.345 e. The third-order valence-corrected chi connectivity index (χ3v) is 5.49. The summed E-state index contributed by atoms with van der Waals surface area (Å²) < 4.78 is 22.9. The number of ether oxygens (including phenoxy) is 4. The highest BCUT2D eigenvalue weighted by molar-refractivity contribution is 5.83. The average Bonchev–Trinajstić information content (AvgIpc) is 3.09. The fourth-order valence-corrected chi connectivity index (χ4v) is 3.55. The van der Waals surface area contributed by atoms with Crippen LogP contribution >= 0.6 is 0 Å². The first-order valence-corrected chi connectivity index (χ1v) is 10.8. The average molecular weight is 433 g/mol. The van der Waals surface area contributed by atoms with Gasteiger partial charge in [-0.2, -0.15) is 0 Å². The molecular formula is C25H36O6. The molecular weight excluding hydrogens is 396 g/mol. The van der Waals surface area contributed by atoms with E-state index in [2.05, 4.69) is 6.58 Å². The van der Waals surface area contributed by atoms with Crippen molar-refractivity contribution in [3.63, 3.8) is 0 Å². The SMILES string of the molecule is C=C[C@]1(C(=O)O[C@H](/C=C/C)[C@H](C)[C@H](O)[C@H](C)COCc2ccccc2)COC(C)(C)O1. The Morgan fingerprint density at radius 2 is 1.97 bits per heavy atom. The maximum absolute atomic E-state index is 13.0. The van der Waals surface area contributed by atoms with Crippen LogP contribution in [0.25, 0.3) is 0 Å². The van der Waals surface area contributed by atoms with Crippen LogP contribution in [-0.2, 0) is 30.3 Å². The molecule has 6 nitrogen and oxygen atoms in total. The molecule has 0 aromatic heterocycles. The standard InChI is InChI=1S/C25H36O6/c1-7-12-21(30-23(27)25(8-2)17-29-24(5,6)31-25)19(4)22(26)18(3)15-28-16-20-13-10-9-11-14-20/h7-14,18-19,21-22,26H,2,15-17H2,1,3-6H3/b12-7+/t18-,19+,21-,22-,25-/m1/s1. The number of hydrogen-bond acceptors (Lipinski definition) is 6. The number of hydrogen-bond donors (Lipinski definition) is 1. The zero-order chi connectivity index (χ0) is 23.1. The summed E-state index contributed by atoms with van der Waals surface area (Å²) in [5.74, 6) is -1.99. The van der Waals surface area contributed by atoms with Gasteiger partial charge in [-0.25, -0.2) is 4.79 Å². The topological polar surface area (TPSA) is 74.2 Å². The van der Waals surface area contributed by atoms with Gasteiger partial charge < -0.3 is 24.1 Å². The second-order valence-electron chi connectivity index (χ2n) is 8.61. The highest BCUT2D eigenvalue weighted by Crippen LogP contribution is 2.34. The first-order valence-electron chi connectivity index (χ1n) is 10.8. The minimum Gasteiger partial charge on any atom is -0.455 e. The van der Waals surface area contributed by atoms with Crippen molar-refractivity contribution in [3.05, 3.63) is 60.7 Å². The van der Waals surface area contributed by atoms with E-state index in [1.807, 2.05) is 51.1 Å². The van der Waals surface area contributed by atoms with Gasteiger partial charge in [-0.15, -0.1) is 0 Å². The lowest BCUT2D eigenvalue weighted by molar-refractivity contribution is -0.187. The van der Waals surface area contributed by atoms with E-state index in [1.54, 1.807) is 26.0 Å². The predicted molar refractivity (Wildman–Crippen MR) is 119 cm³/mol. The van der Waals surface area contributed by atoms with Crippen molar-refractivity contribution in [3.8, 4) is 0 Å². The number of esters is 1. The van der Waals surface area contributed by atoms with Crippen LogP contribution < -0.4 is 0 Å². The summed E-state index contributed by atoms with van der Waals surface area (Å²) in [5, 5.41) is 10.9. The number of rotatable bonds is 11. The summed E-state index contributed by atoms with van der Waals surface area (Å²) >= 11 is 0. The first-order chi connectivity index (χ1) is 14.6. The minimum atomic E-state index is -1.36. The molecule has 1 N–H and O–H groups in total. The number of carbonyl (C=O) groups is 1. The van der Waals surface area contributed by atoms with Gasteiger partial charge in [0.15, 0.2) is 5.79 Å². The summed E-state index contributed by atoms with van der Waals surface area (Å²) in [5.41, 5.74) is -0.285. The molecule has 1 heterocycles. The number of aliphatic hydroxyl groups is 1. The molecule has 6 heteroatoms. The summed E-state index contributed by atoms with van der Waals surface area (Å²) in [4.78, 5) is 13.0. The van der Waals surface area contributed by atoms with Crippen LogP contribution in [0.1, 0.15) is 40.2 Å². The molecule has 5 atom stereocenters. The summed E-state index contributed by atoms with van der Waals surface area (Å²) in [6.07, 6.45) is 3.61. The van der Waals surface area contributed by atoms with Gasteiger partial charge >= 0.3 is 5.97 Å². The lowest BCUT2D eigenvalue weighted by Crippen LogP contribution is -2.46. The summed E-state index contributed by atoms with van der Waals surface area (Å²) in [6.45, 7) is 13.7. The van der Waals surface area contributed by atoms with Gasteiger partial charge in [-0.1, -0.05) is 56.8 Å². The molecule has 2 rings (SSSR count). The van der Waals surface area contributed by atoms with E-state index in [0.717, 1.165) is 5.56 Å². The second kappa shape index (κ2) is 11.0. The second-order valence-corrected chi connectivity index (χ2v) is 8.61. The van der Waals surface area contributed by atoms with Crippen LogP contribution in [-0.4, -0.2) is 47.9 Å². The molecule has 1 aromatic rings. The third-order valence-electron chi connectivity index (χ3n) is 5.49. The van der Waals surface area contributed by atoms with Crippen molar-refractivity contribution in [1.82, 2.24) is 0 Å². The maximum atomic E-state index is 13.0. The van der Waals surface area contributed by atoms with Crippen molar-refractivity contribution >= 4 is 5.97 Å². The van der Waals surface area contributed by atoms with Gasteiger partial charge in [0.25, 0.3) is 0 Å². The van der Waals surface area contributed by atoms with Crippen molar-refractivity contribution in [2.24, 2.45) is 11.8 Å². The van der Waals surface area contributed by atoms with Gasteiger partial charge in [0.05, 0.1) is 25.9 Å². The molecule has 1 aliphatic heterocycles. The van der Waals surface area contributed by atoms with E-state index in [9.17, 15) is 9.90 Å². The molecule has 0 amide bonds. The lowest BCUT2D eigenvalue weighted by atomic mass is 9.89. The highest BCUT2D eigenvalue weighted by Gasteiger charge is 2.51. The molecule has 1 fully saturated rings. The monoisotopic (exact) mass is 432 g/mol. The molecule has 0 unspecified atom stereocenters. The van der Waals surface area contributed by atoms with Crippen molar-refractivity contribution in [1.29, 1.82) is 0 Å². The normalized spacial score (nSPS) is 24.5. The van der Waals surface area contributed by atoms with Crippen molar-refractivity contribution in [2.45, 2.75) is 64.8 Å². The van der Waals surface area contributed by atoms with E-state index < -0.39 is 29.6 Å². The van der Waals surface area contributed by atoms with E-state index >= 15 is 0 Å².